The zero-order valence-corrected chi connectivity index (χ0v) is 12.5. The molecule has 2 unspecified atom stereocenters. The monoisotopic (exact) mass is 280 g/mol. The van der Waals surface area contributed by atoms with Gasteiger partial charge in [-0.2, -0.15) is 0 Å². The molecule has 0 amide bonds. The number of ether oxygens (including phenoxy) is 1. The third kappa shape index (κ3) is 3.80. The van der Waals surface area contributed by atoms with Gasteiger partial charge < -0.3 is 14.7 Å². The van der Waals surface area contributed by atoms with E-state index >= 15 is 0 Å². The minimum Gasteiger partial charge on any atom is -0.478 e. The Labute approximate surface area is 120 Å². The van der Waals surface area contributed by atoms with Crippen molar-refractivity contribution in [3.05, 3.63) is 12.4 Å². The molecule has 2 heterocycles. The molecule has 6 heteroatoms. The van der Waals surface area contributed by atoms with Crippen LogP contribution in [0.4, 0.5) is 5.82 Å². The molecule has 1 N–H and O–H groups in total. The number of rotatable bonds is 5. The standard InChI is InChI=1S/C14H24N4O2/c1-4-20-14-7-13(15-10-16-14)18-6-5-17(8-11(18)2)9-12(3)19/h7,10-12,19H,4-6,8-9H2,1-3H3. The maximum Gasteiger partial charge on any atom is 0.218 e. The van der Waals surface area contributed by atoms with Gasteiger partial charge in [0.1, 0.15) is 12.1 Å². The molecule has 112 valence electrons. The molecular weight excluding hydrogens is 256 g/mol. The number of β-amino-alcohol motifs (C(OH)–C–C–N with tert-alkyl or cyclic N) is 1. The fraction of sp³-hybridized carbons (Fsp3) is 0.714. The first-order valence-electron chi connectivity index (χ1n) is 7.22. The molecule has 1 fully saturated rings. The van der Waals surface area contributed by atoms with Gasteiger partial charge in [0.2, 0.25) is 5.88 Å². The average molecular weight is 280 g/mol. The van der Waals surface area contributed by atoms with Gasteiger partial charge in [-0.1, -0.05) is 0 Å². The Hall–Kier alpha value is -1.40. The predicted molar refractivity (Wildman–Crippen MR) is 78.1 cm³/mol. The lowest BCUT2D eigenvalue weighted by Crippen LogP contribution is -2.53. The summed E-state index contributed by atoms with van der Waals surface area (Å²) < 4.78 is 5.43. The quantitative estimate of drug-likeness (QED) is 0.859. The van der Waals surface area contributed by atoms with Crippen molar-refractivity contribution in [2.75, 3.05) is 37.7 Å². The molecule has 0 saturated carbocycles. The molecular formula is C14H24N4O2. The number of hydrogen-bond acceptors (Lipinski definition) is 6. The van der Waals surface area contributed by atoms with E-state index in [2.05, 4.69) is 26.7 Å². The fourth-order valence-corrected chi connectivity index (χ4v) is 2.63. The highest BCUT2D eigenvalue weighted by atomic mass is 16.5. The number of nitrogens with zero attached hydrogens (tertiary/aromatic N) is 4. The number of aliphatic hydroxyl groups excluding tert-OH is 1. The van der Waals surface area contributed by atoms with Crippen LogP contribution in [-0.4, -0.2) is 64.9 Å². The van der Waals surface area contributed by atoms with E-state index in [1.807, 2.05) is 19.9 Å². The maximum atomic E-state index is 9.48. The highest BCUT2D eigenvalue weighted by Crippen LogP contribution is 2.21. The maximum absolute atomic E-state index is 9.48. The number of aliphatic hydroxyl groups is 1. The molecule has 1 saturated heterocycles. The van der Waals surface area contributed by atoms with Crippen LogP contribution in [0, 0.1) is 0 Å². The van der Waals surface area contributed by atoms with Crippen LogP contribution in [0.3, 0.4) is 0 Å². The lowest BCUT2D eigenvalue weighted by molar-refractivity contribution is 0.114. The molecule has 6 nitrogen and oxygen atoms in total. The van der Waals surface area contributed by atoms with Crippen molar-refractivity contribution in [1.82, 2.24) is 14.9 Å². The molecule has 20 heavy (non-hydrogen) atoms. The van der Waals surface area contributed by atoms with Gasteiger partial charge in [-0.05, 0) is 20.8 Å². The molecule has 1 aliphatic rings. The Bertz CT molecular complexity index is 427. The van der Waals surface area contributed by atoms with Crippen molar-refractivity contribution in [2.24, 2.45) is 0 Å². The Kier molecular flexibility index (Phi) is 5.14. The van der Waals surface area contributed by atoms with Gasteiger partial charge in [0, 0.05) is 38.3 Å². The van der Waals surface area contributed by atoms with Gasteiger partial charge in [0.05, 0.1) is 12.7 Å². The lowest BCUT2D eigenvalue weighted by atomic mass is 10.2. The summed E-state index contributed by atoms with van der Waals surface area (Å²) in [5.74, 6) is 1.53. The molecule has 0 aromatic carbocycles. The molecule has 0 aliphatic carbocycles. The molecule has 1 aromatic rings. The molecule has 0 spiro atoms. The van der Waals surface area contributed by atoms with Crippen molar-refractivity contribution in [2.45, 2.75) is 32.9 Å². The summed E-state index contributed by atoms with van der Waals surface area (Å²) in [5.41, 5.74) is 0. The normalized spacial score (nSPS) is 21.8. The van der Waals surface area contributed by atoms with E-state index in [1.165, 1.54) is 0 Å². The lowest BCUT2D eigenvalue weighted by Gasteiger charge is -2.40. The van der Waals surface area contributed by atoms with Gasteiger partial charge in [-0.25, -0.2) is 9.97 Å². The van der Waals surface area contributed by atoms with Gasteiger partial charge in [-0.3, -0.25) is 4.90 Å². The second-order valence-corrected chi connectivity index (χ2v) is 5.30. The van der Waals surface area contributed by atoms with E-state index in [0.717, 1.165) is 32.0 Å². The Morgan fingerprint density at radius 1 is 1.45 bits per heavy atom. The predicted octanol–water partition coefficient (Wildman–Crippen LogP) is 0.767. The van der Waals surface area contributed by atoms with Crippen molar-refractivity contribution in [3.63, 3.8) is 0 Å². The average Bonchev–Trinajstić information content (AvgIpc) is 2.39. The second kappa shape index (κ2) is 6.85. The van der Waals surface area contributed by atoms with Crippen molar-refractivity contribution >= 4 is 5.82 Å². The first kappa shape index (κ1) is 15.0. The van der Waals surface area contributed by atoms with Crippen LogP contribution in [0.2, 0.25) is 0 Å². The van der Waals surface area contributed by atoms with E-state index in [-0.39, 0.29) is 6.10 Å². The summed E-state index contributed by atoms with van der Waals surface area (Å²) in [6.45, 7) is 10.0. The summed E-state index contributed by atoms with van der Waals surface area (Å²) in [7, 11) is 0. The molecule has 1 aliphatic heterocycles. The van der Waals surface area contributed by atoms with Gasteiger partial charge in [0.15, 0.2) is 0 Å². The van der Waals surface area contributed by atoms with Crippen LogP contribution in [0.5, 0.6) is 5.88 Å². The third-order valence-corrected chi connectivity index (χ3v) is 3.45. The molecule has 2 atom stereocenters. The van der Waals surface area contributed by atoms with Gasteiger partial charge in [-0.15, -0.1) is 0 Å². The summed E-state index contributed by atoms with van der Waals surface area (Å²) in [6, 6.07) is 2.25. The van der Waals surface area contributed by atoms with Crippen LogP contribution in [0.15, 0.2) is 12.4 Å². The molecule has 2 rings (SSSR count). The molecule has 0 bridgehead atoms. The van der Waals surface area contributed by atoms with Crippen LogP contribution < -0.4 is 9.64 Å². The molecule has 1 aromatic heterocycles. The SMILES string of the molecule is CCOc1cc(N2CCN(CC(C)O)CC2C)ncn1. The van der Waals surface area contributed by atoms with Crippen LogP contribution in [0.25, 0.3) is 0 Å². The first-order chi connectivity index (χ1) is 9.60. The van der Waals surface area contributed by atoms with E-state index in [0.29, 0.717) is 18.5 Å². The number of piperazine rings is 1. The van der Waals surface area contributed by atoms with Crippen LogP contribution in [0.1, 0.15) is 20.8 Å². The molecule has 0 radical (unpaired) electrons. The van der Waals surface area contributed by atoms with Crippen molar-refractivity contribution in [1.29, 1.82) is 0 Å². The van der Waals surface area contributed by atoms with E-state index in [9.17, 15) is 5.11 Å². The summed E-state index contributed by atoms with van der Waals surface area (Å²) >= 11 is 0. The van der Waals surface area contributed by atoms with E-state index in [1.54, 1.807) is 6.33 Å². The minimum atomic E-state index is -0.280. The summed E-state index contributed by atoms with van der Waals surface area (Å²) in [4.78, 5) is 13.0. The van der Waals surface area contributed by atoms with Crippen LogP contribution in [-0.2, 0) is 0 Å². The largest absolute Gasteiger partial charge is 0.478 e. The second-order valence-electron chi connectivity index (χ2n) is 5.30. The van der Waals surface area contributed by atoms with E-state index < -0.39 is 0 Å². The number of anilines is 1. The Morgan fingerprint density at radius 2 is 2.25 bits per heavy atom. The van der Waals surface area contributed by atoms with Gasteiger partial charge in [0.25, 0.3) is 0 Å². The smallest absolute Gasteiger partial charge is 0.218 e. The number of aromatic nitrogens is 2. The topological polar surface area (TPSA) is 61.7 Å². The van der Waals surface area contributed by atoms with Crippen molar-refractivity contribution in [3.8, 4) is 5.88 Å². The summed E-state index contributed by atoms with van der Waals surface area (Å²) in [5, 5.41) is 9.48. The Balaban J connectivity index is 2.01. The minimum absolute atomic E-state index is 0.280. The van der Waals surface area contributed by atoms with Gasteiger partial charge >= 0.3 is 0 Å². The highest BCUT2D eigenvalue weighted by Gasteiger charge is 2.25. The van der Waals surface area contributed by atoms with Crippen LogP contribution >= 0.6 is 0 Å². The zero-order chi connectivity index (χ0) is 14.5. The number of hydrogen-bond donors (Lipinski definition) is 1. The van der Waals surface area contributed by atoms with Crippen molar-refractivity contribution < 1.29 is 9.84 Å². The Morgan fingerprint density at radius 3 is 2.90 bits per heavy atom. The van der Waals surface area contributed by atoms with E-state index in [4.69, 9.17) is 4.74 Å². The zero-order valence-electron chi connectivity index (χ0n) is 12.5. The first-order valence-corrected chi connectivity index (χ1v) is 7.22. The fourth-order valence-electron chi connectivity index (χ4n) is 2.63. The third-order valence-electron chi connectivity index (χ3n) is 3.45. The summed E-state index contributed by atoms with van der Waals surface area (Å²) in [6.07, 6.45) is 1.27. The highest BCUT2D eigenvalue weighted by molar-refractivity contribution is 5.42.